The number of amides is 1. The molecule has 1 aromatic rings. The van der Waals surface area contributed by atoms with E-state index < -0.39 is 12.0 Å². The summed E-state index contributed by atoms with van der Waals surface area (Å²) in [6.07, 6.45) is 16.3. The van der Waals surface area contributed by atoms with Gasteiger partial charge in [-0.1, -0.05) is 44.9 Å². The van der Waals surface area contributed by atoms with Crippen LogP contribution in [0.1, 0.15) is 77.0 Å². The number of guanidine groups is 1. The summed E-state index contributed by atoms with van der Waals surface area (Å²) in [6, 6.07) is 3.49. The van der Waals surface area contributed by atoms with Crippen molar-refractivity contribution < 1.29 is 14.3 Å². The number of aliphatic imine (C=N–C) groups is 1. The van der Waals surface area contributed by atoms with Crippen LogP contribution >= 0.6 is 0 Å². The molecule has 1 rings (SSSR count). The largest absolute Gasteiger partial charge is 0.467 e. The number of carbonyl (C=O) groups excluding carboxylic acids is 2. The highest BCUT2D eigenvalue weighted by molar-refractivity contribution is 5.84. The second-order valence-electron chi connectivity index (χ2n) is 7.94. The van der Waals surface area contributed by atoms with Gasteiger partial charge in [-0.3, -0.25) is 9.79 Å². The van der Waals surface area contributed by atoms with Gasteiger partial charge in [-0.25, -0.2) is 4.79 Å². The van der Waals surface area contributed by atoms with Gasteiger partial charge < -0.3 is 26.1 Å². The summed E-state index contributed by atoms with van der Waals surface area (Å²) in [7, 11) is 1.32. The fourth-order valence-corrected chi connectivity index (χ4v) is 3.50. The van der Waals surface area contributed by atoms with Crippen molar-refractivity contribution in [3.63, 3.8) is 0 Å². The van der Waals surface area contributed by atoms with Gasteiger partial charge in [-0.2, -0.15) is 0 Å². The number of aryl methyl sites for hydroxylation is 1. The Kier molecular flexibility index (Phi) is 14.7. The van der Waals surface area contributed by atoms with Gasteiger partial charge in [0.1, 0.15) is 6.04 Å². The molecule has 31 heavy (non-hydrogen) atoms. The molecule has 0 radical (unpaired) electrons. The van der Waals surface area contributed by atoms with E-state index in [1.807, 2.05) is 0 Å². The summed E-state index contributed by atoms with van der Waals surface area (Å²) in [5.74, 6) is -0.530. The third-order valence-corrected chi connectivity index (χ3v) is 5.25. The topological polar surface area (TPSA) is 125 Å². The Morgan fingerprint density at radius 1 is 0.935 bits per heavy atom. The predicted molar refractivity (Wildman–Crippen MR) is 124 cm³/mol. The standard InChI is InChI=1S/C23H41N5O3/c1-31-22(30)20(14-13-16-26-23(24)25)27-21(29)15-9-7-5-3-2-4-6-8-10-17-28-18-11-12-19-28/h11-12,18-20H,2-10,13-17H2,1H3,(H,27,29)(H4,24,25,26)/t20-/m0/s1. The van der Waals surface area contributed by atoms with E-state index in [1.165, 1.54) is 45.6 Å². The van der Waals surface area contributed by atoms with E-state index in [1.54, 1.807) is 0 Å². The highest BCUT2D eigenvalue weighted by Gasteiger charge is 2.20. The molecule has 0 aliphatic rings. The number of carbonyl (C=O) groups is 2. The quantitative estimate of drug-likeness (QED) is 0.141. The van der Waals surface area contributed by atoms with Gasteiger partial charge in [-0.05, 0) is 37.8 Å². The van der Waals surface area contributed by atoms with E-state index in [-0.39, 0.29) is 11.9 Å². The SMILES string of the molecule is COC(=O)[C@H](CCCN=C(N)N)NC(=O)CCCCCCCCCCCn1cccc1. The number of rotatable bonds is 18. The maximum Gasteiger partial charge on any atom is 0.328 e. The first-order valence-corrected chi connectivity index (χ1v) is 11.6. The Bertz CT molecular complexity index is 627. The van der Waals surface area contributed by atoms with Crippen molar-refractivity contribution in [1.29, 1.82) is 0 Å². The number of nitrogens with one attached hydrogen (secondary N) is 1. The Hall–Kier alpha value is -2.51. The summed E-state index contributed by atoms with van der Waals surface area (Å²) < 4.78 is 7.01. The summed E-state index contributed by atoms with van der Waals surface area (Å²) in [5.41, 5.74) is 10.6. The first-order chi connectivity index (χ1) is 15.0. The minimum atomic E-state index is -0.649. The van der Waals surface area contributed by atoms with Gasteiger partial charge in [0.25, 0.3) is 0 Å². The van der Waals surface area contributed by atoms with E-state index in [0.717, 1.165) is 25.8 Å². The van der Waals surface area contributed by atoms with Gasteiger partial charge in [0.2, 0.25) is 5.91 Å². The fraction of sp³-hybridized carbons (Fsp3) is 0.696. The number of ether oxygens (including phenoxy) is 1. The van der Waals surface area contributed by atoms with Crippen LogP contribution in [-0.2, 0) is 20.9 Å². The van der Waals surface area contributed by atoms with Gasteiger partial charge in [0, 0.05) is 31.9 Å². The molecule has 0 unspecified atom stereocenters. The van der Waals surface area contributed by atoms with Crippen molar-refractivity contribution in [1.82, 2.24) is 9.88 Å². The van der Waals surface area contributed by atoms with Gasteiger partial charge in [0.15, 0.2) is 5.96 Å². The Balaban J connectivity index is 2.01. The van der Waals surface area contributed by atoms with Gasteiger partial charge >= 0.3 is 5.97 Å². The van der Waals surface area contributed by atoms with Crippen LogP contribution in [-0.4, -0.2) is 42.1 Å². The van der Waals surface area contributed by atoms with Crippen LogP contribution in [0.15, 0.2) is 29.5 Å². The molecule has 0 saturated carbocycles. The molecule has 0 aromatic carbocycles. The number of hydrogen-bond acceptors (Lipinski definition) is 4. The van der Waals surface area contributed by atoms with Crippen LogP contribution in [0, 0.1) is 0 Å². The van der Waals surface area contributed by atoms with Crippen molar-refractivity contribution in [3.8, 4) is 0 Å². The van der Waals surface area contributed by atoms with Crippen LogP contribution in [0.5, 0.6) is 0 Å². The summed E-state index contributed by atoms with van der Waals surface area (Å²) >= 11 is 0. The van der Waals surface area contributed by atoms with E-state index in [4.69, 9.17) is 16.2 Å². The minimum Gasteiger partial charge on any atom is -0.467 e. The summed E-state index contributed by atoms with van der Waals surface area (Å²) in [5, 5.41) is 2.77. The molecule has 0 saturated heterocycles. The van der Waals surface area contributed by atoms with E-state index in [2.05, 4.69) is 39.4 Å². The van der Waals surface area contributed by atoms with Crippen LogP contribution in [0.3, 0.4) is 0 Å². The first kappa shape index (κ1) is 26.5. The average Bonchev–Trinajstić information content (AvgIpc) is 3.27. The molecule has 0 aliphatic carbocycles. The molecule has 176 valence electrons. The number of nitrogens with two attached hydrogens (primary N) is 2. The van der Waals surface area contributed by atoms with Crippen LogP contribution < -0.4 is 16.8 Å². The lowest BCUT2D eigenvalue weighted by Gasteiger charge is -2.16. The van der Waals surface area contributed by atoms with Gasteiger partial charge in [-0.15, -0.1) is 0 Å². The van der Waals surface area contributed by atoms with Gasteiger partial charge in [0.05, 0.1) is 7.11 Å². The smallest absolute Gasteiger partial charge is 0.328 e. The monoisotopic (exact) mass is 435 g/mol. The lowest BCUT2D eigenvalue weighted by Crippen LogP contribution is -2.41. The number of methoxy groups -OCH3 is 1. The minimum absolute atomic E-state index is 0.0199. The number of unbranched alkanes of at least 4 members (excludes halogenated alkanes) is 8. The second kappa shape index (κ2) is 17.2. The molecular formula is C23H41N5O3. The predicted octanol–water partition coefficient (Wildman–Crippen LogP) is 3.10. The molecule has 1 heterocycles. The Labute approximate surface area is 186 Å². The fourth-order valence-electron chi connectivity index (χ4n) is 3.50. The molecule has 0 fully saturated rings. The van der Waals surface area contributed by atoms with Crippen molar-refractivity contribution in [2.45, 2.75) is 89.6 Å². The zero-order chi connectivity index (χ0) is 22.7. The number of esters is 1. The maximum atomic E-state index is 12.1. The van der Waals surface area contributed by atoms with E-state index in [0.29, 0.717) is 25.8 Å². The number of hydrogen-bond donors (Lipinski definition) is 3. The zero-order valence-corrected chi connectivity index (χ0v) is 19.1. The normalized spacial score (nSPS) is 11.6. The molecule has 0 spiro atoms. The first-order valence-electron chi connectivity index (χ1n) is 11.6. The molecule has 8 nitrogen and oxygen atoms in total. The van der Waals surface area contributed by atoms with Crippen LogP contribution in [0.4, 0.5) is 0 Å². The van der Waals surface area contributed by atoms with Crippen molar-refractivity contribution >= 4 is 17.8 Å². The maximum absolute atomic E-state index is 12.1. The summed E-state index contributed by atoms with van der Waals surface area (Å²) in [6.45, 7) is 1.53. The lowest BCUT2D eigenvalue weighted by atomic mass is 10.1. The lowest BCUT2D eigenvalue weighted by molar-refractivity contribution is -0.145. The molecule has 0 bridgehead atoms. The number of nitrogens with zero attached hydrogens (tertiary/aromatic N) is 2. The third kappa shape index (κ3) is 14.2. The molecule has 5 N–H and O–H groups in total. The molecular weight excluding hydrogens is 394 g/mol. The second-order valence-corrected chi connectivity index (χ2v) is 7.94. The van der Waals surface area contributed by atoms with E-state index in [9.17, 15) is 9.59 Å². The zero-order valence-electron chi connectivity index (χ0n) is 19.1. The molecule has 8 heteroatoms. The van der Waals surface area contributed by atoms with Crippen molar-refractivity contribution in [2.24, 2.45) is 16.5 Å². The average molecular weight is 436 g/mol. The molecule has 1 amide bonds. The van der Waals surface area contributed by atoms with Crippen LogP contribution in [0.25, 0.3) is 0 Å². The Morgan fingerprint density at radius 2 is 1.52 bits per heavy atom. The van der Waals surface area contributed by atoms with Crippen molar-refractivity contribution in [2.75, 3.05) is 13.7 Å². The van der Waals surface area contributed by atoms with E-state index >= 15 is 0 Å². The highest BCUT2D eigenvalue weighted by atomic mass is 16.5. The van der Waals surface area contributed by atoms with Crippen molar-refractivity contribution in [3.05, 3.63) is 24.5 Å². The van der Waals surface area contributed by atoms with Crippen LogP contribution in [0.2, 0.25) is 0 Å². The third-order valence-electron chi connectivity index (χ3n) is 5.25. The Morgan fingerprint density at radius 3 is 2.10 bits per heavy atom. The summed E-state index contributed by atoms with van der Waals surface area (Å²) in [4.78, 5) is 27.9. The molecule has 1 aromatic heterocycles. The number of aromatic nitrogens is 1. The molecule has 1 atom stereocenters. The highest BCUT2D eigenvalue weighted by Crippen LogP contribution is 2.11. The molecule has 0 aliphatic heterocycles.